The van der Waals surface area contributed by atoms with Gasteiger partial charge in [-0.1, -0.05) is 11.6 Å². The van der Waals surface area contributed by atoms with Gasteiger partial charge in [-0.05, 0) is 7.05 Å². The van der Waals surface area contributed by atoms with Crippen molar-refractivity contribution in [1.82, 2.24) is 5.32 Å². The van der Waals surface area contributed by atoms with Crippen LogP contribution in [-0.4, -0.2) is 38.0 Å². The van der Waals surface area contributed by atoms with Crippen molar-refractivity contribution in [2.45, 2.75) is 6.10 Å². The molecule has 0 amide bonds. The number of hydrogen-bond donors (Lipinski definition) is 3. The predicted molar refractivity (Wildman–Crippen MR) is 65.1 cm³/mol. The summed E-state index contributed by atoms with van der Waals surface area (Å²) in [4.78, 5) is 0. The Morgan fingerprint density at radius 3 is 2.53 bits per heavy atom. The lowest BCUT2D eigenvalue weighted by Crippen LogP contribution is -2.17. The third-order valence-corrected chi connectivity index (χ3v) is 2.68. The number of methoxy groups -OCH3 is 2. The number of rotatable bonds is 5. The lowest BCUT2D eigenvalue weighted by atomic mass is 10.1. The van der Waals surface area contributed by atoms with Gasteiger partial charge in [-0.2, -0.15) is 0 Å². The Balaban J connectivity index is 3.31. The summed E-state index contributed by atoms with van der Waals surface area (Å²) >= 11 is 5.99. The van der Waals surface area contributed by atoms with E-state index in [9.17, 15) is 10.2 Å². The van der Waals surface area contributed by atoms with Crippen LogP contribution in [-0.2, 0) is 0 Å². The van der Waals surface area contributed by atoms with E-state index in [4.69, 9.17) is 21.1 Å². The average Bonchev–Trinajstić information content (AvgIpc) is 2.28. The lowest BCUT2D eigenvalue weighted by Gasteiger charge is -2.18. The van der Waals surface area contributed by atoms with Crippen molar-refractivity contribution in [3.8, 4) is 17.2 Å². The van der Waals surface area contributed by atoms with Crippen molar-refractivity contribution >= 4 is 11.6 Å². The maximum Gasteiger partial charge on any atom is 0.203 e. The van der Waals surface area contributed by atoms with Gasteiger partial charge in [-0.25, -0.2) is 0 Å². The summed E-state index contributed by atoms with van der Waals surface area (Å²) in [5, 5.41) is 22.9. The molecule has 0 bridgehead atoms. The second-order valence-corrected chi connectivity index (χ2v) is 3.84. The molecule has 0 saturated carbocycles. The maximum absolute atomic E-state index is 10.0. The number of halogens is 1. The Morgan fingerprint density at radius 1 is 1.41 bits per heavy atom. The quantitative estimate of drug-likeness (QED) is 0.746. The molecule has 5 nitrogen and oxygen atoms in total. The summed E-state index contributed by atoms with van der Waals surface area (Å²) in [5.41, 5.74) is 0.221. The Bertz CT molecular complexity index is 398. The van der Waals surface area contributed by atoms with Gasteiger partial charge in [0.2, 0.25) is 5.75 Å². The van der Waals surface area contributed by atoms with E-state index in [1.165, 1.54) is 20.3 Å². The number of aliphatic hydroxyl groups excluding tert-OH is 1. The predicted octanol–water partition coefficient (Wildman–Crippen LogP) is 1.32. The van der Waals surface area contributed by atoms with Crippen LogP contribution in [0.5, 0.6) is 17.2 Å². The molecular weight excluding hydrogens is 246 g/mol. The summed E-state index contributed by atoms with van der Waals surface area (Å²) in [7, 11) is 4.53. The number of hydrogen-bond acceptors (Lipinski definition) is 5. The van der Waals surface area contributed by atoms with Gasteiger partial charge in [0.25, 0.3) is 0 Å². The van der Waals surface area contributed by atoms with Crippen molar-refractivity contribution < 1.29 is 19.7 Å². The number of aliphatic hydroxyl groups is 1. The van der Waals surface area contributed by atoms with Crippen LogP contribution in [0.2, 0.25) is 5.02 Å². The topological polar surface area (TPSA) is 71.0 Å². The molecule has 0 aliphatic rings. The molecule has 17 heavy (non-hydrogen) atoms. The molecule has 0 saturated heterocycles. The average molecular weight is 262 g/mol. The van der Waals surface area contributed by atoms with E-state index >= 15 is 0 Å². The fraction of sp³-hybridized carbons (Fsp3) is 0.455. The third-order valence-electron chi connectivity index (χ3n) is 2.36. The van der Waals surface area contributed by atoms with Crippen LogP contribution in [0.1, 0.15) is 11.7 Å². The van der Waals surface area contributed by atoms with E-state index in [-0.39, 0.29) is 28.6 Å². The summed E-state index contributed by atoms with van der Waals surface area (Å²) in [6.07, 6.45) is -0.924. The first-order chi connectivity index (χ1) is 8.06. The highest BCUT2D eigenvalue weighted by Gasteiger charge is 2.23. The molecule has 0 aliphatic heterocycles. The van der Waals surface area contributed by atoms with Crippen LogP contribution < -0.4 is 14.8 Å². The minimum Gasteiger partial charge on any atom is -0.504 e. The van der Waals surface area contributed by atoms with Crippen LogP contribution in [0.4, 0.5) is 0 Å². The molecule has 0 aliphatic carbocycles. The first kappa shape index (κ1) is 13.9. The van der Waals surface area contributed by atoms with E-state index in [1.807, 2.05) is 0 Å². The van der Waals surface area contributed by atoms with Gasteiger partial charge < -0.3 is 25.0 Å². The van der Waals surface area contributed by atoms with E-state index in [0.29, 0.717) is 5.75 Å². The maximum atomic E-state index is 10.0. The molecule has 1 unspecified atom stereocenters. The molecular formula is C11H16ClNO4. The minimum absolute atomic E-state index is 0.155. The van der Waals surface area contributed by atoms with Crippen molar-refractivity contribution in [1.29, 1.82) is 0 Å². The molecule has 3 N–H and O–H groups in total. The molecule has 6 heteroatoms. The van der Waals surface area contributed by atoms with Gasteiger partial charge >= 0.3 is 0 Å². The van der Waals surface area contributed by atoms with Gasteiger partial charge in [0.15, 0.2) is 11.5 Å². The molecule has 1 atom stereocenters. The summed E-state index contributed by atoms with van der Waals surface area (Å²) in [6, 6.07) is 1.49. The fourth-order valence-electron chi connectivity index (χ4n) is 1.57. The molecule has 96 valence electrons. The molecule has 0 spiro atoms. The van der Waals surface area contributed by atoms with Crippen LogP contribution in [0.15, 0.2) is 6.07 Å². The fourth-order valence-corrected chi connectivity index (χ4v) is 1.89. The summed E-state index contributed by atoms with van der Waals surface area (Å²) in [5.74, 6) is 0.261. The second kappa shape index (κ2) is 5.95. The Labute approximate surface area is 105 Å². The minimum atomic E-state index is -0.924. The van der Waals surface area contributed by atoms with Crippen LogP contribution in [0.3, 0.4) is 0 Å². The number of aromatic hydroxyl groups is 1. The first-order valence-electron chi connectivity index (χ1n) is 5.02. The third kappa shape index (κ3) is 2.74. The zero-order valence-corrected chi connectivity index (χ0v) is 10.7. The normalized spacial score (nSPS) is 12.3. The largest absolute Gasteiger partial charge is 0.504 e. The van der Waals surface area contributed by atoms with E-state index in [0.717, 1.165) is 0 Å². The van der Waals surface area contributed by atoms with Crippen LogP contribution in [0, 0.1) is 0 Å². The molecule has 1 rings (SSSR count). The molecule has 0 radical (unpaired) electrons. The number of ether oxygens (including phenoxy) is 2. The van der Waals surface area contributed by atoms with Crippen molar-refractivity contribution in [2.24, 2.45) is 0 Å². The Kier molecular flexibility index (Phi) is 4.86. The number of phenolic OH excluding ortho intramolecular Hbond substituents is 1. The molecule has 1 aromatic carbocycles. The number of nitrogens with one attached hydrogen (secondary N) is 1. The van der Waals surface area contributed by atoms with Gasteiger partial charge in [0, 0.05) is 18.2 Å². The Morgan fingerprint density at radius 2 is 2.06 bits per heavy atom. The zero-order chi connectivity index (χ0) is 13.0. The molecule has 1 aromatic rings. The second-order valence-electron chi connectivity index (χ2n) is 3.43. The van der Waals surface area contributed by atoms with Gasteiger partial charge in [-0.15, -0.1) is 0 Å². The molecule has 0 fully saturated rings. The highest BCUT2D eigenvalue weighted by molar-refractivity contribution is 6.31. The highest BCUT2D eigenvalue weighted by Crippen LogP contribution is 2.45. The summed E-state index contributed by atoms with van der Waals surface area (Å²) in [6.45, 7) is 0.267. The van der Waals surface area contributed by atoms with E-state index < -0.39 is 6.10 Å². The van der Waals surface area contributed by atoms with Crippen LogP contribution in [0.25, 0.3) is 0 Å². The number of benzene rings is 1. The Hall–Kier alpha value is -1.17. The van der Waals surface area contributed by atoms with Gasteiger partial charge in [-0.3, -0.25) is 0 Å². The van der Waals surface area contributed by atoms with Gasteiger partial charge in [0.05, 0.1) is 25.3 Å². The lowest BCUT2D eigenvalue weighted by molar-refractivity contribution is 0.172. The number of phenols is 1. The monoisotopic (exact) mass is 261 g/mol. The van der Waals surface area contributed by atoms with E-state index in [2.05, 4.69) is 5.32 Å². The van der Waals surface area contributed by atoms with Crippen LogP contribution >= 0.6 is 11.6 Å². The first-order valence-corrected chi connectivity index (χ1v) is 5.40. The highest BCUT2D eigenvalue weighted by atomic mass is 35.5. The standard InChI is InChI=1S/C11H16ClNO4/c1-13-5-7(14)9-6(12)4-8(16-2)11(17-3)10(9)15/h4,7,13-15H,5H2,1-3H3. The van der Waals surface area contributed by atoms with E-state index in [1.54, 1.807) is 7.05 Å². The van der Waals surface area contributed by atoms with Crippen molar-refractivity contribution in [3.63, 3.8) is 0 Å². The smallest absolute Gasteiger partial charge is 0.203 e. The SMILES string of the molecule is CNCC(O)c1c(Cl)cc(OC)c(OC)c1O. The van der Waals surface area contributed by atoms with Gasteiger partial charge in [0.1, 0.15) is 0 Å². The molecule has 0 aromatic heterocycles. The summed E-state index contributed by atoms with van der Waals surface area (Å²) < 4.78 is 10.1. The number of likely N-dealkylation sites (N-methyl/N-ethyl adjacent to an activating group) is 1. The zero-order valence-electron chi connectivity index (χ0n) is 9.95. The van der Waals surface area contributed by atoms with Crippen molar-refractivity contribution in [3.05, 3.63) is 16.7 Å². The molecule has 0 heterocycles. The van der Waals surface area contributed by atoms with Crippen molar-refractivity contribution in [2.75, 3.05) is 27.8 Å².